The number of rotatable bonds is 57. The fourth-order valence-corrected chi connectivity index (χ4v) is 9.52. The second kappa shape index (κ2) is 54.0. The smallest absolute Gasteiger partial charge is 0.306 e. The third-order valence-corrected chi connectivity index (χ3v) is 14.4. The van der Waals surface area contributed by atoms with Crippen molar-refractivity contribution in [2.24, 2.45) is 0 Å². The van der Waals surface area contributed by atoms with E-state index in [9.17, 15) is 14.3 Å². The molecule has 0 radical (unpaired) electrons. The summed E-state index contributed by atoms with van der Waals surface area (Å²) in [6, 6.07) is 0. The van der Waals surface area contributed by atoms with Crippen LogP contribution in [-0.4, -0.2) is 70.7 Å². The summed E-state index contributed by atoms with van der Waals surface area (Å²) < 4.78 is 34.9. The van der Waals surface area contributed by atoms with Gasteiger partial charge in [-0.15, -0.1) is 0 Å². The van der Waals surface area contributed by atoms with Crippen LogP contribution in [0.1, 0.15) is 290 Å². The number of unbranched alkanes of at least 4 members (excludes halogenated alkanes) is 37. The lowest BCUT2D eigenvalue weighted by molar-refractivity contribution is -0.870. The highest BCUT2D eigenvalue weighted by Gasteiger charge is 2.20. The fraction of sp³-hybridized carbons (Fsp3) is 0.885. The molecule has 0 aliphatic rings. The second-order valence-corrected chi connectivity index (χ2v) is 23.1. The number of esters is 1. The number of carbonyl (C=O) groups excluding carboxylic acids is 1. The molecule has 2 atom stereocenters. The van der Waals surface area contributed by atoms with Crippen molar-refractivity contribution < 1.29 is 37.3 Å². The summed E-state index contributed by atoms with van der Waals surface area (Å²) in [5.41, 5.74) is 0. The molecule has 70 heavy (non-hydrogen) atoms. The number of ether oxygens (including phenoxy) is 2. The van der Waals surface area contributed by atoms with Crippen LogP contribution in [0.25, 0.3) is 0 Å². The van der Waals surface area contributed by atoms with E-state index < -0.39 is 13.9 Å². The van der Waals surface area contributed by atoms with Crippen LogP contribution in [0.4, 0.5) is 0 Å². The number of likely N-dealkylation sites (N-methyl/N-ethyl adjacent to an activating group) is 1. The summed E-state index contributed by atoms with van der Waals surface area (Å²) in [6.45, 7) is 5.45. The van der Waals surface area contributed by atoms with Gasteiger partial charge in [-0.2, -0.15) is 0 Å². The van der Waals surface area contributed by atoms with E-state index >= 15 is 0 Å². The van der Waals surface area contributed by atoms with Crippen molar-refractivity contribution in [3.05, 3.63) is 36.5 Å². The molecule has 0 saturated carbocycles. The Morgan fingerprint density at radius 1 is 0.443 bits per heavy atom. The second-order valence-electron chi connectivity index (χ2n) is 21.7. The predicted octanol–water partition coefficient (Wildman–Crippen LogP) is 18.6. The molecule has 0 aromatic heterocycles. The van der Waals surface area contributed by atoms with E-state index in [1.165, 1.54) is 225 Å². The summed E-state index contributed by atoms with van der Waals surface area (Å²) in [6.07, 6.45) is 67.6. The van der Waals surface area contributed by atoms with E-state index in [-0.39, 0.29) is 25.8 Å². The standard InChI is InChI=1S/C61H118NO7P/c1-6-8-10-12-14-16-18-20-22-24-26-28-30-32-34-36-38-40-42-44-46-48-50-52-54-61(63)69-60(59-68-70(64,65)67-57-55-62(3,4)5)58-66-56-53-51-49-47-45-43-41-39-37-35-33-31-29-27-25-23-21-19-17-15-13-11-9-7-2/h19,21,25,27,31,33,60H,6-18,20,22-24,26,28-30,32,34-59H2,1-5H3/b21-19-,27-25-,33-31-. The summed E-state index contributed by atoms with van der Waals surface area (Å²) in [4.78, 5) is 25.3. The molecule has 0 aromatic rings. The molecule has 0 amide bonds. The number of nitrogens with zero attached hydrogens (tertiary/aromatic N) is 1. The van der Waals surface area contributed by atoms with E-state index in [0.29, 0.717) is 24.1 Å². The van der Waals surface area contributed by atoms with Crippen molar-refractivity contribution in [3.63, 3.8) is 0 Å². The zero-order valence-corrected chi connectivity index (χ0v) is 48.1. The van der Waals surface area contributed by atoms with Crippen molar-refractivity contribution in [2.75, 3.05) is 54.1 Å². The largest absolute Gasteiger partial charge is 0.756 e. The molecule has 0 saturated heterocycles. The van der Waals surface area contributed by atoms with Gasteiger partial charge < -0.3 is 27.9 Å². The lowest BCUT2D eigenvalue weighted by atomic mass is 10.0. The van der Waals surface area contributed by atoms with Gasteiger partial charge in [0.25, 0.3) is 7.82 Å². The molecule has 0 aliphatic heterocycles. The maximum Gasteiger partial charge on any atom is 0.306 e. The normalized spacial score (nSPS) is 13.6. The number of phosphoric ester groups is 1. The van der Waals surface area contributed by atoms with Gasteiger partial charge >= 0.3 is 5.97 Å². The number of phosphoric acid groups is 1. The average molecular weight is 1010 g/mol. The molecular weight excluding hydrogens is 890 g/mol. The lowest BCUT2D eigenvalue weighted by Crippen LogP contribution is -2.37. The average Bonchev–Trinajstić information content (AvgIpc) is 3.32. The SMILES string of the molecule is CCCCCCC/C=C\C/C=C\C/C=C\CCCCCCCCCCCOCC(COP(=O)([O-])OCC[N+](C)(C)C)OC(=O)CCCCCCCCCCCCCCCCCCCCCCCCCC. The zero-order valence-electron chi connectivity index (χ0n) is 47.2. The van der Waals surface area contributed by atoms with Gasteiger partial charge in [0.2, 0.25) is 0 Å². The summed E-state index contributed by atoms with van der Waals surface area (Å²) in [5, 5.41) is 0. The minimum atomic E-state index is -4.54. The number of quaternary nitrogens is 1. The third kappa shape index (κ3) is 57.6. The Morgan fingerprint density at radius 2 is 0.786 bits per heavy atom. The molecule has 414 valence electrons. The van der Waals surface area contributed by atoms with Gasteiger partial charge in [0.15, 0.2) is 0 Å². The van der Waals surface area contributed by atoms with Crippen LogP contribution >= 0.6 is 7.82 Å². The van der Waals surface area contributed by atoms with Crippen molar-refractivity contribution in [1.29, 1.82) is 0 Å². The van der Waals surface area contributed by atoms with E-state index in [1.807, 2.05) is 21.1 Å². The number of hydrogen-bond acceptors (Lipinski definition) is 7. The van der Waals surface area contributed by atoms with Gasteiger partial charge in [-0.3, -0.25) is 9.36 Å². The molecule has 0 fully saturated rings. The molecule has 0 heterocycles. The van der Waals surface area contributed by atoms with E-state index in [1.54, 1.807) is 0 Å². The summed E-state index contributed by atoms with van der Waals surface area (Å²) in [7, 11) is 1.37. The van der Waals surface area contributed by atoms with Crippen LogP contribution in [0.5, 0.6) is 0 Å². The van der Waals surface area contributed by atoms with Crippen molar-refractivity contribution in [3.8, 4) is 0 Å². The molecule has 9 heteroatoms. The van der Waals surface area contributed by atoms with Crippen LogP contribution in [0.3, 0.4) is 0 Å². The van der Waals surface area contributed by atoms with Gasteiger partial charge in [-0.25, -0.2) is 0 Å². The molecule has 2 unspecified atom stereocenters. The Morgan fingerprint density at radius 3 is 1.17 bits per heavy atom. The van der Waals surface area contributed by atoms with E-state index in [2.05, 4.69) is 50.3 Å². The minimum Gasteiger partial charge on any atom is -0.756 e. The molecular formula is C61H118NO7P. The highest BCUT2D eigenvalue weighted by atomic mass is 31.2. The fourth-order valence-electron chi connectivity index (χ4n) is 8.79. The van der Waals surface area contributed by atoms with Crippen LogP contribution in [0.15, 0.2) is 36.5 Å². The Balaban J connectivity index is 4.04. The molecule has 0 aliphatic carbocycles. The summed E-state index contributed by atoms with van der Waals surface area (Å²) in [5.74, 6) is -0.329. The van der Waals surface area contributed by atoms with Crippen LogP contribution in [-0.2, 0) is 27.9 Å². The van der Waals surface area contributed by atoms with E-state index in [4.69, 9.17) is 18.5 Å². The molecule has 0 spiro atoms. The predicted molar refractivity (Wildman–Crippen MR) is 300 cm³/mol. The minimum absolute atomic E-state index is 0.0265. The quantitative estimate of drug-likeness (QED) is 0.0197. The van der Waals surface area contributed by atoms with Crippen LogP contribution in [0, 0.1) is 0 Å². The highest BCUT2D eigenvalue weighted by molar-refractivity contribution is 7.45. The first-order chi connectivity index (χ1) is 34.1. The Hall–Kier alpha value is -1.28. The van der Waals surface area contributed by atoms with Crippen molar-refractivity contribution >= 4 is 13.8 Å². The molecule has 0 bridgehead atoms. The molecule has 8 nitrogen and oxygen atoms in total. The zero-order chi connectivity index (χ0) is 51.2. The lowest BCUT2D eigenvalue weighted by Gasteiger charge is -2.28. The Labute approximate surface area is 435 Å². The first-order valence-electron chi connectivity index (χ1n) is 30.2. The van der Waals surface area contributed by atoms with Crippen LogP contribution in [0.2, 0.25) is 0 Å². The number of hydrogen-bond donors (Lipinski definition) is 0. The monoisotopic (exact) mass is 1010 g/mol. The molecule has 0 N–H and O–H groups in total. The number of carbonyl (C=O) groups is 1. The van der Waals surface area contributed by atoms with Gasteiger partial charge in [-0.1, -0.05) is 269 Å². The topological polar surface area (TPSA) is 94.1 Å². The van der Waals surface area contributed by atoms with Gasteiger partial charge in [0.1, 0.15) is 19.3 Å². The first-order valence-corrected chi connectivity index (χ1v) is 31.7. The Kier molecular flexibility index (Phi) is 53.0. The first kappa shape index (κ1) is 68.7. The molecule has 0 rings (SSSR count). The van der Waals surface area contributed by atoms with Gasteiger partial charge in [0.05, 0.1) is 34.4 Å². The maximum absolute atomic E-state index is 12.8. The van der Waals surface area contributed by atoms with E-state index in [0.717, 1.165) is 44.9 Å². The van der Waals surface area contributed by atoms with Gasteiger partial charge in [0, 0.05) is 13.0 Å². The number of allylic oxidation sites excluding steroid dienone is 6. The van der Waals surface area contributed by atoms with Gasteiger partial charge in [-0.05, 0) is 51.4 Å². The van der Waals surface area contributed by atoms with Crippen molar-refractivity contribution in [1.82, 2.24) is 0 Å². The van der Waals surface area contributed by atoms with Crippen molar-refractivity contribution in [2.45, 2.75) is 296 Å². The highest BCUT2D eigenvalue weighted by Crippen LogP contribution is 2.38. The molecule has 0 aromatic carbocycles. The maximum atomic E-state index is 12.8. The van der Waals surface area contributed by atoms with Crippen LogP contribution < -0.4 is 4.89 Å². The Bertz CT molecular complexity index is 1220. The third-order valence-electron chi connectivity index (χ3n) is 13.4. The summed E-state index contributed by atoms with van der Waals surface area (Å²) >= 11 is 0.